The summed E-state index contributed by atoms with van der Waals surface area (Å²) in [4.78, 5) is 14.5. The number of aromatic nitrogens is 1. The molecule has 0 atom stereocenters. The van der Waals surface area contributed by atoms with Gasteiger partial charge in [0.15, 0.2) is 0 Å². The zero-order chi connectivity index (χ0) is 14.0. The van der Waals surface area contributed by atoms with Crippen molar-refractivity contribution in [3.05, 3.63) is 57.8 Å². The molecular formula is C13H12N4O2. The molecule has 2 rings (SSSR count). The van der Waals surface area contributed by atoms with Crippen LogP contribution in [0.2, 0.25) is 0 Å². The highest BCUT2D eigenvalue weighted by molar-refractivity contribution is 5.96. The number of nitro benzene ring substituents is 1. The Morgan fingerprint density at radius 2 is 1.89 bits per heavy atom. The van der Waals surface area contributed by atoms with Crippen LogP contribution in [0.25, 0.3) is 11.3 Å². The van der Waals surface area contributed by atoms with E-state index in [9.17, 15) is 10.1 Å². The van der Waals surface area contributed by atoms with Crippen LogP contribution in [0, 0.1) is 22.4 Å². The van der Waals surface area contributed by atoms with Crippen LogP contribution < -0.4 is 5.73 Å². The van der Waals surface area contributed by atoms with E-state index in [1.165, 1.54) is 12.1 Å². The van der Waals surface area contributed by atoms with Crippen molar-refractivity contribution in [2.45, 2.75) is 6.92 Å². The summed E-state index contributed by atoms with van der Waals surface area (Å²) in [7, 11) is 0. The van der Waals surface area contributed by atoms with Gasteiger partial charge in [-0.25, -0.2) is 0 Å². The van der Waals surface area contributed by atoms with Crippen LogP contribution in [-0.4, -0.2) is 15.7 Å². The first-order valence-electron chi connectivity index (χ1n) is 5.56. The second-order valence-electron chi connectivity index (χ2n) is 4.05. The minimum Gasteiger partial charge on any atom is -0.384 e. The molecule has 6 nitrogen and oxygen atoms in total. The van der Waals surface area contributed by atoms with Gasteiger partial charge in [-0.1, -0.05) is 0 Å². The Hall–Kier alpha value is -2.76. The zero-order valence-electron chi connectivity index (χ0n) is 10.3. The monoisotopic (exact) mass is 256 g/mol. The van der Waals surface area contributed by atoms with E-state index >= 15 is 0 Å². The molecule has 0 fully saturated rings. The van der Waals surface area contributed by atoms with E-state index in [-0.39, 0.29) is 11.5 Å². The maximum Gasteiger partial charge on any atom is 0.269 e. The lowest BCUT2D eigenvalue weighted by atomic mass is 10.1. The lowest BCUT2D eigenvalue weighted by molar-refractivity contribution is -0.384. The second kappa shape index (κ2) is 4.85. The van der Waals surface area contributed by atoms with Gasteiger partial charge in [0.25, 0.3) is 5.69 Å². The van der Waals surface area contributed by atoms with Crippen molar-refractivity contribution in [2.24, 2.45) is 5.73 Å². The predicted molar refractivity (Wildman–Crippen MR) is 72.1 cm³/mol. The number of hydrogen-bond donors (Lipinski definition) is 2. The molecule has 0 saturated heterocycles. The highest BCUT2D eigenvalue weighted by Crippen LogP contribution is 2.21. The van der Waals surface area contributed by atoms with Crippen LogP contribution in [0.4, 0.5) is 5.69 Å². The minimum atomic E-state index is -0.443. The van der Waals surface area contributed by atoms with Gasteiger partial charge in [-0.05, 0) is 31.2 Å². The molecule has 0 aliphatic rings. The van der Waals surface area contributed by atoms with Crippen molar-refractivity contribution < 1.29 is 4.92 Å². The number of aryl methyl sites for hydroxylation is 1. The Morgan fingerprint density at radius 1 is 1.26 bits per heavy atom. The van der Waals surface area contributed by atoms with E-state index < -0.39 is 4.92 Å². The SMILES string of the molecule is Cc1nc(-c2ccc([N+](=O)[O-])cc2)ccc1C(=N)N. The van der Waals surface area contributed by atoms with E-state index in [0.717, 1.165) is 5.56 Å². The Bertz CT molecular complexity index is 650. The molecule has 0 unspecified atom stereocenters. The van der Waals surface area contributed by atoms with Gasteiger partial charge in [-0.15, -0.1) is 0 Å². The lowest BCUT2D eigenvalue weighted by Crippen LogP contribution is -2.13. The molecule has 0 bridgehead atoms. The van der Waals surface area contributed by atoms with Gasteiger partial charge in [0.2, 0.25) is 0 Å². The predicted octanol–water partition coefficient (Wildman–Crippen LogP) is 2.25. The number of pyridine rings is 1. The van der Waals surface area contributed by atoms with Crippen molar-refractivity contribution in [3.8, 4) is 11.3 Å². The van der Waals surface area contributed by atoms with Crippen molar-refractivity contribution in [2.75, 3.05) is 0 Å². The summed E-state index contributed by atoms with van der Waals surface area (Å²) in [5.74, 6) is -0.0275. The fraction of sp³-hybridized carbons (Fsp3) is 0.0769. The van der Waals surface area contributed by atoms with E-state index in [2.05, 4.69) is 4.98 Å². The molecule has 96 valence electrons. The standard InChI is InChI=1S/C13H12N4O2/c1-8-11(13(14)15)6-7-12(16-8)9-2-4-10(5-3-9)17(18)19/h2-7H,1H3,(H3,14,15). The van der Waals surface area contributed by atoms with Crippen LogP contribution in [0.3, 0.4) is 0 Å². The molecule has 1 heterocycles. The number of nitrogen functional groups attached to an aromatic ring is 1. The molecule has 0 aliphatic heterocycles. The molecule has 0 spiro atoms. The van der Waals surface area contributed by atoms with Gasteiger partial charge in [0.1, 0.15) is 5.84 Å². The number of rotatable bonds is 3. The summed E-state index contributed by atoms with van der Waals surface area (Å²) >= 11 is 0. The molecule has 0 aliphatic carbocycles. The number of nitrogens with zero attached hydrogens (tertiary/aromatic N) is 2. The highest BCUT2D eigenvalue weighted by atomic mass is 16.6. The third kappa shape index (κ3) is 2.57. The Morgan fingerprint density at radius 3 is 2.37 bits per heavy atom. The normalized spacial score (nSPS) is 10.2. The van der Waals surface area contributed by atoms with Crippen molar-refractivity contribution in [1.82, 2.24) is 4.98 Å². The summed E-state index contributed by atoms with van der Waals surface area (Å²) in [6.45, 7) is 1.77. The van der Waals surface area contributed by atoms with Gasteiger partial charge in [0, 0.05) is 29.0 Å². The quantitative estimate of drug-likeness (QED) is 0.380. The second-order valence-corrected chi connectivity index (χ2v) is 4.05. The van der Waals surface area contributed by atoms with Gasteiger partial charge in [0.05, 0.1) is 10.6 Å². The number of nitrogens with one attached hydrogen (secondary N) is 1. The lowest BCUT2D eigenvalue weighted by Gasteiger charge is -2.06. The highest BCUT2D eigenvalue weighted by Gasteiger charge is 2.08. The molecular weight excluding hydrogens is 244 g/mol. The molecule has 2 aromatic rings. The van der Waals surface area contributed by atoms with Crippen molar-refractivity contribution >= 4 is 11.5 Å². The van der Waals surface area contributed by atoms with Gasteiger partial charge < -0.3 is 5.73 Å². The Balaban J connectivity index is 2.39. The number of nitrogens with two attached hydrogens (primary N) is 1. The number of nitro groups is 1. The first-order valence-corrected chi connectivity index (χ1v) is 5.56. The van der Waals surface area contributed by atoms with Crippen LogP contribution in [0.15, 0.2) is 36.4 Å². The third-order valence-electron chi connectivity index (χ3n) is 2.75. The average Bonchev–Trinajstić information content (AvgIpc) is 2.38. The van der Waals surface area contributed by atoms with E-state index in [4.69, 9.17) is 11.1 Å². The Kier molecular flexibility index (Phi) is 3.24. The fourth-order valence-corrected chi connectivity index (χ4v) is 1.76. The van der Waals surface area contributed by atoms with Crippen LogP contribution >= 0.6 is 0 Å². The molecule has 1 aromatic carbocycles. The molecule has 1 aromatic heterocycles. The maximum atomic E-state index is 10.6. The van der Waals surface area contributed by atoms with Crippen molar-refractivity contribution in [3.63, 3.8) is 0 Å². The van der Waals surface area contributed by atoms with E-state index in [0.29, 0.717) is 17.0 Å². The zero-order valence-corrected chi connectivity index (χ0v) is 10.3. The molecule has 0 radical (unpaired) electrons. The van der Waals surface area contributed by atoms with E-state index in [1.54, 1.807) is 31.2 Å². The summed E-state index contributed by atoms with van der Waals surface area (Å²) in [5, 5.41) is 18.0. The maximum absolute atomic E-state index is 10.6. The smallest absolute Gasteiger partial charge is 0.269 e. The largest absolute Gasteiger partial charge is 0.384 e. The summed E-state index contributed by atoms with van der Waals surface area (Å²) in [6, 6.07) is 9.63. The Labute approximate surface area is 109 Å². The van der Waals surface area contributed by atoms with Crippen LogP contribution in [0.5, 0.6) is 0 Å². The molecule has 0 saturated carbocycles. The van der Waals surface area contributed by atoms with Gasteiger partial charge in [-0.3, -0.25) is 20.5 Å². The topological polar surface area (TPSA) is 106 Å². The number of non-ortho nitro benzene ring substituents is 1. The molecule has 19 heavy (non-hydrogen) atoms. The summed E-state index contributed by atoms with van der Waals surface area (Å²) in [6.07, 6.45) is 0. The van der Waals surface area contributed by atoms with Crippen molar-refractivity contribution in [1.29, 1.82) is 5.41 Å². The van der Waals surface area contributed by atoms with E-state index in [1.807, 2.05) is 0 Å². The molecule has 6 heteroatoms. The van der Waals surface area contributed by atoms with Crippen LogP contribution in [-0.2, 0) is 0 Å². The van der Waals surface area contributed by atoms with Gasteiger partial charge in [-0.2, -0.15) is 0 Å². The van der Waals surface area contributed by atoms with Gasteiger partial charge >= 0.3 is 0 Å². The first-order chi connectivity index (χ1) is 8.99. The van der Waals surface area contributed by atoms with Crippen LogP contribution in [0.1, 0.15) is 11.3 Å². The number of amidine groups is 1. The summed E-state index contributed by atoms with van der Waals surface area (Å²) in [5.41, 5.74) is 8.19. The summed E-state index contributed by atoms with van der Waals surface area (Å²) < 4.78 is 0. The first kappa shape index (κ1) is 12.7. The number of hydrogen-bond acceptors (Lipinski definition) is 4. The fourth-order valence-electron chi connectivity index (χ4n) is 1.76. The minimum absolute atomic E-state index is 0.0275. The third-order valence-corrected chi connectivity index (χ3v) is 2.75. The number of benzene rings is 1. The molecule has 0 amide bonds. The average molecular weight is 256 g/mol. The molecule has 3 N–H and O–H groups in total.